The van der Waals surface area contributed by atoms with E-state index in [9.17, 15) is 13.2 Å². The van der Waals surface area contributed by atoms with E-state index in [0.29, 0.717) is 54.7 Å². The number of ether oxygens (including phenoxy) is 1. The lowest BCUT2D eigenvalue weighted by Crippen LogP contribution is -2.44. The number of amides is 1. The number of hydrogen-bond donors (Lipinski definition) is 1. The smallest absolute Gasteiger partial charge is 0.223 e. The summed E-state index contributed by atoms with van der Waals surface area (Å²) in [7, 11) is -3.58. The highest BCUT2D eigenvalue weighted by molar-refractivity contribution is 7.88. The standard InChI is InChI=1S/C23H28Cl2N2O4S/c1-16-6-7-19(14-17(16)2)31-13-10-26-23(28)18-8-11-27(12-9-18)32(29,30)15-20-21(24)4-3-5-22(20)25/h3-7,14,18H,8-13,15H2,1-2H3,(H,26,28). The molecule has 1 amide bonds. The third kappa shape index (κ3) is 6.38. The van der Waals surface area contributed by atoms with E-state index in [1.54, 1.807) is 18.2 Å². The fourth-order valence-corrected chi connectivity index (χ4v) is 5.95. The van der Waals surface area contributed by atoms with E-state index in [2.05, 4.69) is 5.32 Å². The molecule has 1 heterocycles. The molecule has 1 fully saturated rings. The van der Waals surface area contributed by atoms with Gasteiger partial charge in [0, 0.05) is 34.6 Å². The summed E-state index contributed by atoms with van der Waals surface area (Å²) in [6, 6.07) is 10.8. The molecule has 0 bridgehead atoms. The lowest BCUT2D eigenvalue weighted by Gasteiger charge is -2.30. The lowest BCUT2D eigenvalue weighted by molar-refractivity contribution is -0.126. The first-order valence-electron chi connectivity index (χ1n) is 10.6. The molecule has 3 rings (SSSR count). The summed E-state index contributed by atoms with van der Waals surface area (Å²) in [6.45, 7) is 5.43. The van der Waals surface area contributed by atoms with E-state index in [-0.39, 0.29) is 17.6 Å². The molecular formula is C23H28Cl2N2O4S. The van der Waals surface area contributed by atoms with Crippen molar-refractivity contribution in [3.63, 3.8) is 0 Å². The average Bonchev–Trinajstić information content (AvgIpc) is 2.76. The second-order valence-corrected chi connectivity index (χ2v) is 10.8. The molecule has 1 saturated heterocycles. The SMILES string of the molecule is Cc1ccc(OCCNC(=O)C2CCN(S(=O)(=O)Cc3c(Cl)cccc3Cl)CC2)cc1C. The van der Waals surface area contributed by atoms with E-state index in [1.807, 2.05) is 32.0 Å². The third-order valence-corrected chi connectivity index (χ3v) is 8.27. The molecule has 0 radical (unpaired) electrons. The maximum Gasteiger partial charge on any atom is 0.223 e. The number of rotatable bonds is 8. The van der Waals surface area contributed by atoms with Gasteiger partial charge >= 0.3 is 0 Å². The van der Waals surface area contributed by atoms with E-state index in [4.69, 9.17) is 27.9 Å². The second kappa shape index (κ2) is 10.9. The first-order valence-corrected chi connectivity index (χ1v) is 12.9. The normalized spacial score (nSPS) is 15.5. The van der Waals surface area contributed by atoms with Gasteiger partial charge in [-0.2, -0.15) is 0 Å². The summed E-state index contributed by atoms with van der Waals surface area (Å²) in [5, 5.41) is 3.55. The molecule has 0 aromatic heterocycles. The Kier molecular flexibility index (Phi) is 8.44. The number of sulfonamides is 1. The first kappa shape index (κ1) is 24.8. The van der Waals surface area contributed by atoms with Crippen molar-refractivity contribution in [3.8, 4) is 5.75 Å². The summed E-state index contributed by atoms with van der Waals surface area (Å²) in [5.41, 5.74) is 2.76. The molecule has 0 aliphatic carbocycles. The molecular weight excluding hydrogens is 471 g/mol. The molecule has 0 saturated carbocycles. The molecule has 9 heteroatoms. The van der Waals surface area contributed by atoms with Crippen LogP contribution in [0.3, 0.4) is 0 Å². The van der Waals surface area contributed by atoms with Gasteiger partial charge in [0.15, 0.2) is 0 Å². The lowest BCUT2D eigenvalue weighted by atomic mass is 9.97. The van der Waals surface area contributed by atoms with Crippen molar-refractivity contribution in [2.45, 2.75) is 32.4 Å². The largest absolute Gasteiger partial charge is 0.492 e. The Morgan fingerprint density at radius 2 is 1.75 bits per heavy atom. The molecule has 1 N–H and O–H groups in total. The second-order valence-electron chi connectivity index (χ2n) is 8.02. The van der Waals surface area contributed by atoms with Gasteiger partial charge < -0.3 is 10.1 Å². The Bertz CT molecular complexity index is 1050. The topological polar surface area (TPSA) is 75.7 Å². The molecule has 2 aromatic carbocycles. The van der Waals surface area contributed by atoms with Gasteiger partial charge in [-0.25, -0.2) is 12.7 Å². The average molecular weight is 499 g/mol. The molecule has 0 unspecified atom stereocenters. The molecule has 32 heavy (non-hydrogen) atoms. The monoisotopic (exact) mass is 498 g/mol. The van der Waals surface area contributed by atoms with Crippen LogP contribution < -0.4 is 10.1 Å². The van der Waals surface area contributed by atoms with Crippen molar-refractivity contribution >= 4 is 39.1 Å². The van der Waals surface area contributed by atoms with E-state index in [1.165, 1.54) is 9.87 Å². The highest BCUT2D eigenvalue weighted by atomic mass is 35.5. The van der Waals surface area contributed by atoms with Gasteiger partial charge in [0.1, 0.15) is 12.4 Å². The number of carbonyl (C=O) groups excluding carboxylic acids is 1. The number of halogens is 2. The summed E-state index contributed by atoms with van der Waals surface area (Å²) < 4.78 is 32.7. The number of carbonyl (C=O) groups is 1. The predicted molar refractivity (Wildman–Crippen MR) is 128 cm³/mol. The zero-order valence-electron chi connectivity index (χ0n) is 18.2. The molecule has 0 atom stereocenters. The Balaban J connectivity index is 1.44. The van der Waals surface area contributed by atoms with Crippen LogP contribution >= 0.6 is 23.2 Å². The molecule has 1 aliphatic rings. The minimum absolute atomic E-state index is 0.0696. The van der Waals surface area contributed by atoms with E-state index in [0.717, 1.165) is 11.3 Å². The number of piperidine rings is 1. The maximum atomic E-state index is 12.8. The van der Waals surface area contributed by atoms with Crippen LogP contribution in [0.15, 0.2) is 36.4 Å². The molecule has 174 valence electrons. The summed E-state index contributed by atoms with van der Waals surface area (Å²) >= 11 is 12.2. The highest BCUT2D eigenvalue weighted by Crippen LogP contribution is 2.29. The van der Waals surface area contributed by atoms with Gasteiger partial charge in [-0.1, -0.05) is 35.3 Å². The van der Waals surface area contributed by atoms with E-state index < -0.39 is 10.0 Å². The molecule has 6 nitrogen and oxygen atoms in total. The Labute approximate surface area is 199 Å². The molecule has 2 aromatic rings. The summed E-state index contributed by atoms with van der Waals surface area (Å²) in [4.78, 5) is 12.5. The van der Waals surface area contributed by atoms with Crippen molar-refractivity contribution < 1.29 is 17.9 Å². The number of aryl methyl sites for hydroxylation is 2. The van der Waals surface area contributed by atoms with Gasteiger partial charge in [0.25, 0.3) is 0 Å². The number of benzene rings is 2. The van der Waals surface area contributed by atoms with Crippen LogP contribution in [0.2, 0.25) is 10.0 Å². The van der Waals surface area contributed by atoms with Crippen molar-refractivity contribution in [1.29, 1.82) is 0 Å². The number of nitrogens with one attached hydrogen (secondary N) is 1. The van der Waals surface area contributed by atoms with Crippen molar-refractivity contribution in [2.75, 3.05) is 26.2 Å². The Morgan fingerprint density at radius 1 is 1.09 bits per heavy atom. The first-order chi connectivity index (χ1) is 15.2. The van der Waals surface area contributed by atoms with Gasteiger partial charge in [-0.15, -0.1) is 0 Å². The van der Waals surface area contributed by atoms with Gasteiger partial charge in [-0.05, 0) is 62.1 Å². The molecule has 1 aliphatic heterocycles. The summed E-state index contributed by atoms with van der Waals surface area (Å²) in [5.74, 6) is 0.240. The quantitative estimate of drug-likeness (QED) is 0.549. The van der Waals surface area contributed by atoms with Gasteiger partial charge in [0.2, 0.25) is 15.9 Å². The van der Waals surface area contributed by atoms with Crippen LogP contribution in [0.4, 0.5) is 0 Å². The minimum Gasteiger partial charge on any atom is -0.492 e. The third-order valence-electron chi connectivity index (χ3n) is 5.75. The number of nitrogens with zero attached hydrogens (tertiary/aromatic N) is 1. The van der Waals surface area contributed by atoms with Gasteiger partial charge in [-0.3, -0.25) is 4.79 Å². The van der Waals surface area contributed by atoms with Gasteiger partial charge in [0.05, 0.1) is 12.3 Å². The highest BCUT2D eigenvalue weighted by Gasteiger charge is 2.31. The zero-order valence-corrected chi connectivity index (χ0v) is 20.6. The van der Waals surface area contributed by atoms with Crippen LogP contribution in [-0.4, -0.2) is 44.9 Å². The Morgan fingerprint density at radius 3 is 2.38 bits per heavy atom. The fraction of sp³-hybridized carbons (Fsp3) is 0.435. The van der Waals surface area contributed by atoms with Crippen LogP contribution in [-0.2, 0) is 20.6 Å². The minimum atomic E-state index is -3.58. The van der Waals surface area contributed by atoms with Crippen molar-refractivity contribution in [2.24, 2.45) is 5.92 Å². The predicted octanol–water partition coefficient (Wildman–Crippen LogP) is 4.35. The number of hydrogen-bond acceptors (Lipinski definition) is 4. The molecule has 0 spiro atoms. The van der Waals surface area contributed by atoms with Crippen LogP contribution in [0, 0.1) is 19.8 Å². The van der Waals surface area contributed by atoms with Crippen LogP contribution in [0.25, 0.3) is 0 Å². The van der Waals surface area contributed by atoms with Crippen LogP contribution in [0.5, 0.6) is 5.75 Å². The van der Waals surface area contributed by atoms with Crippen molar-refractivity contribution in [1.82, 2.24) is 9.62 Å². The fourth-order valence-electron chi connectivity index (χ4n) is 3.63. The Hall–Kier alpha value is -1.80. The maximum absolute atomic E-state index is 12.8. The zero-order chi connectivity index (χ0) is 23.3. The van der Waals surface area contributed by atoms with Crippen molar-refractivity contribution in [3.05, 3.63) is 63.1 Å². The van der Waals surface area contributed by atoms with Crippen LogP contribution in [0.1, 0.15) is 29.5 Å². The van der Waals surface area contributed by atoms with E-state index >= 15 is 0 Å². The summed E-state index contributed by atoms with van der Waals surface area (Å²) in [6.07, 6.45) is 0.943.